The summed E-state index contributed by atoms with van der Waals surface area (Å²) >= 11 is 0. The summed E-state index contributed by atoms with van der Waals surface area (Å²) in [5.41, 5.74) is 9.06. The molecule has 10 heteroatoms. The molecule has 0 aliphatic rings. The number of hydrogen-bond donors (Lipinski definition) is 3. The molecule has 160 valence electrons. The Hall–Kier alpha value is -3.24. The molecule has 4 N–H and O–H groups in total. The SMILES string of the molecule is COC(C)c1nc2c(N)nc(C)cc2n1CCOCCNC(=O)Nc1cccnc1. The lowest BCUT2D eigenvalue weighted by molar-refractivity contribution is 0.102. The molecule has 0 bridgehead atoms. The number of pyridine rings is 2. The van der Waals surface area contributed by atoms with E-state index in [1.807, 2.05) is 24.5 Å². The first-order chi connectivity index (χ1) is 14.5. The Morgan fingerprint density at radius 3 is 2.90 bits per heavy atom. The van der Waals surface area contributed by atoms with Crippen molar-refractivity contribution in [2.24, 2.45) is 0 Å². The second-order valence-corrected chi connectivity index (χ2v) is 6.75. The molecular formula is C20H27N7O3. The molecule has 1 atom stereocenters. The second-order valence-electron chi connectivity index (χ2n) is 6.75. The topological polar surface area (TPSA) is 129 Å². The number of aromatic nitrogens is 4. The highest BCUT2D eigenvalue weighted by Crippen LogP contribution is 2.26. The summed E-state index contributed by atoms with van der Waals surface area (Å²) in [6.45, 7) is 5.61. The fourth-order valence-corrected chi connectivity index (χ4v) is 3.05. The fraction of sp³-hybridized carbons (Fsp3) is 0.400. The van der Waals surface area contributed by atoms with Gasteiger partial charge in [0.1, 0.15) is 17.4 Å². The number of amides is 2. The van der Waals surface area contributed by atoms with Crippen molar-refractivity contribution in [3.05, 3.63) is 42.1 Å². The first-order valence-corrected chi connectivity index (χ1v) is 9.68. The lowest BCUT2D eigenvalue weighted by Crippen LogP contribution is -2.31. The fourth-order valence-electron chi connectivity index (χ4n) is 3.05. The second kappa shape index (κ2) is 9.99. The number of nitrogens with two attached hydrogens (primary N) is 1. The zero-order valence-corrected chi connectivity index (χ0v) is 17.4. The van der Waals surface area contributed by atoms with Gasteiger partial charge in [-0.05, 0) is 32.0 Å². The van der Waals surface area contributed by atoms with Crippen molar-refractivity contribution in [3.8, 4) is 0 Å². The van der Waals surface area contributed by atoms with E-state index in [-0.39, 0.29) is 12.1 Å². The first kappa shape index (κ1) is 21.5. The highest BCUT2D eigenvalue weighted by atomic mass is 16.5. The number of ether oxygens (including phenoxy) is 2. The van der Waals surface area contributed by atoms with E-state index >= 15 is 0 Å². The van der Waals surface area contributed by atoms with E-state index in [0.717, 1.165) is 17.0 Å². The summed E-state index contributed by atoms with van der Waals surface area (Å²) < 4.78 is 13.2. The molecule has 30 heavy (non-hydrogen) atoms. The van der Waals surface area contributed by atoms with E-state index in [2.05, 4.69) is 25.6 Å². The normalized spacial score (nSPS) is 12.1. The minimum absolute atomic E-state index is 0.199. The Morgan fingerprint density at radius 1 is 1.33 bits per heavy atom. The van der Waals surface area contributed by atoms with Gasteiger partial charge in [-0.2, -0.15) is 0 Å². The summed E-state index contributed by atoms with van der Waals surface area (Å²) in [5.74, 6) is 1.17. The van der Waals surface area contributed by atoms with Gasteiger partial charge in [0.15, 0.2) is 5.82 Å². The molecule has 3 aromatic rings. The number of methoxy groups -OCH3 is 1. The molecule has 0 fully saturated rings. The van der Waals surface area contributed by atoms with Crippen LogP contribution in [0.5, 0.6) is 0 Å². The maximum atomic E-state index is 11.8. The van der Waals surface area contributed by atoms with Crippen LogP contribution >= 0.6 is 0 Å². The van der Waals surface area contributed by atoms with Crippen molar-refractivity contribution in [1.29, 1.82) is 0 Å². The van der Waals surface area contributed by atoms with E-state index in [0.29, 0.717) is 43.3 Å². The first-order valence-electron chi connectivity index (χ1n) is 9.68. The average Bonchev–Trinajstić information content (AvgIpc) is 3.09. The van der Waals surface area contributed by atoms with Crippen LogP contribution in [0.1, 0.15) is 24.5 Å². The number of carbonyl (C=O) groups excluding carboxylic acids is 1. The molecule has 3 aromatic heterocycles. The van der Waals surface area contributed by atoms with Crippen LogP contribution in [0.25, 0.3) is 11.0 Å². The minimum atomic E-state index is -0.304. The largest absolute Gasteiger partial charge is 0.382 e. The van der Waals surface area contributed by atoms with Crippen LogP contribution in [-0.4, -0.2) is 52.4 Å². The molecule has 0 saturated heterocycles. The Balaban J connectivity index is 1.52. The van der Waals surface area contributed by atoms with Gasteiger partial charge in [0.05, 0.1) is 30.6 Å². The molecular weight excluding hydrogens is 386 g/mol. The maximum absolute atomic E-state index is 11.8. The number of fused-ring (bicyclic) bond motifs is 1. The molecule has 0 aliphatic heterocycles. The van der Waals surface area contributed by atoms with E-state index in [4.69, 9.17) is 15.2 Å². The highest BCUT2D eigenvalue weighted by Gasteiger charge is 2.18. The number of nitrogen functional groups attached to an aromatic ring is 1. The number of aryl methyl sites for hydroxylation is 1. The van der Waals surface area contributed by atoms with Crippen LogP contribution in [0.3, 0.4) is 0 Å². The lowest BCUT2D eigenvalue weighted by atomic mass is 10.3. The van der Waals surface area contributed by atoms with Crippen LogP contribution in [0.15, 0.2) is 30.6 Å². The van der Waals surface area contributed by atoms with Crippen LogP contribution in [0, 0.1) is 6.92 Å². The van der Waals surface area contributed by atoms with Gasteiger partial charge in [0.25, 0.3) is 0 Å². The molecule has 3 rings (SSSR count). The Kier molecular flexibility index (Phi) is 7.15. The van der Waals surface area contributed by atoms with Crippen LogP contribution < -0.4 is 16.4 Å². The number of carbonyl (C=O) groups is 1. The highest BCUT2D eigenvalue weighted by molar-refractivity contribution is 5.89. The van der Waals surface area contributed by atoms with Crippen molar-refractivity contribution in [1.82, 2.24) is 24.8 Å². The lowest BCUT2D eigenvalue weighted by Gasteiger charge is -2.14. The molecule has 0 aromatic carbocycles. The monoisotopic (exact) mass is 413 g/mol. The van der Waals surface area contributed by atoms with Crippen molar-refractivity contribution in [2.75, 3.05) is 37.9 Å². The maximum Gasteiger partial charge on any atom is 0.319 e. The van der Waals surface area contributed by atoms with Gasteiger partial charge in [-0.25, -0.2) is 14.8 Å². The number of nitrogens with zero attached hydrogens (tertiary/aromatic N) is 4. The van der Waals surface area contributed by atoms with E-state index in [1.54, 1.807) is 31.6 Å². The van der Waals surface area contributed by atoms with Gasteiger partial charge in [-0.1, -0.05) is 0 Å². The summed E-state index contributed by atoms with van der Waals surface area (Å²) in [4.78, 5) is 24.7. The molecule has 0 radical (unpaired) electrons. The van der Waals surface area contributed by atoms with E-state index < -0.39 is 0 Å². The van der Waals surface area contributed by atoms with Crippen molar-refractivity contribution >= 4 is 28.6 Å². The molecule has 2 amide bonds. The van der Waals surface area contributed by atoms with Gasteiger partial charge < -0.3 is 30.4 Å². The van der Waals surface area contributed by atoms with Gasteiger partial charge in [-0.3, -0.25) is 4.98 Å². The van der Waals surface area contributed by atoms with Gasteiger partial charge >= 0.3 is 6.03 Å². The summed E-state index contributed by atoms with van der Waals surface area (Å²) in [7, 11) is 1.64. The summed E-state index contributed by atoms with van der Waals surface area (Å²) in [6.07, 6.45) is 3.02. The summed E-state index contributed by atoms with van der Waals surface area (Å²) in [6, 6.07) is 5.17. The molecule has 0 spiro atoms. The van der Waals surface area contributed by atoms with Gasteiger partial charge in [0.2, 0.25) is 0 Å². The third kappa shape index (κ3) is 5.22. The Labute approximate surface area is 174 Å². The van der Waals surface area contributed by atoms with Crippen molar-refractivity contribution in [2.45, 2.75) is 26.5 Å². The van der Waals surface area contributed by atoms with Gasteiger partial charge in [-0.15, -0.1) is 0 Å². The van der Waals surface area contributed by atoms with Crippen LogP contribution in [0.4, 0.5) is 16.3 Å². The number of rotatable bonds is 9. The van der Waals surface area contributed by atoms with Crippen molar-refractivity contribution in [3.63, 3.8) is 0 Å². The smallest absolute Gasteiger partial charge is 0.319 e. The Bertz CT molecular complexity index is 991. The van der Waals surface area contributed by atoms with Crippen LogP contribution in [0.2, 0.25) is 0 Å². The zero-order valence-electron chi connectivity index (χ0n) is 17.4. The number of anilines is 2. The average molecular weight is 413 g/mol. The summed E-state index contributed by atoms with van der Waals surface area (Å²) in [5, 5.41) is 5.44. The molecule has 10 nitrogen and oxygen atoms in total. The molecule has 0 saturated carbocycles. The third-order valence-corrected chi connectivity index (χ3v) is 4.55. The van der Waals surface area contributed by atoms with Gasteiger partial charge in [0, 0.05) is 32.1 Å². The molecule has 1 unspecified atom stereocenters. The third-order valence-electron chi connectivity index (χ3n) is 4.55. The van der Waals surface area contributed by atoms with E-state index in [1.165, 1.54) is 0 Å². The predicted molar refractivity (Wildman–Crippen MR) is 114 cm³/mol. The minimum Gasteiger partial charge on any atom is -0.382 e. The van der Waals surface area contributed by atoms with Crippen LogP contribution in [-0.2, 0) is 16.0 Å². The van der Waals surface area contributed by atoms with E-state index in [9.17, 15) is 4.79 Å². The quantitative estimate of drug-likeness (QED) is 0.459. The Morgan fingerprint density at radius 2 is 2.17 bits per heavy atom. The van der Waals surface area contributed by atoms with Crippen molar-refractivity contribution < 1.29 is 14.3 Å². The number of hydrogen-bond acceptors (Lipinski definition) is 7. The predicted octanol–water partition coefficient (Wildman–Crippen LogP) is 2.26. The number of urea groups is 1. The number of imidazole rings is 1. The molecule has 0 aliphatic carbocycles. The zero-order chi connectivity index (χ0) is 21.5. The molecule has 3 heterocycles. The standard InChI is InChI=1S/C20H27N7O3/c1-13-11-16-17(18(21)24-13)26-19(14(2)29-3)27(16)8-10-30-9-7-23-20(28)25-15-5-4-6-22-12-15/h4-6,11-12,14H,7-10H2,1-3H3,(H2,21,24)(H2,23,25,28). The number of nitrogens with one attached hydrogen (secondary N) is 2.